The Bertz CT molecular complexity index is 574. The van der Waals surface area contributed by atoms with E-state index < -0.39 is 0 Å². The summed E-state index contributed by atoms with van der Waals surface area (Å²) in [5.74, 6) is 0. The molecule has 0 aliphatic rings. The molecule has 0 aromatic heterocycles. The van der Waals surface area contributed by atoms with Crippen molar-refractivity contribution in [1.82, 2.24) is 0 Å². The Morgan fingerprint density at radius 1 is 1.06 bits per heavy atom. The first-order chi connectivity index (χ1) is 8.67. The van der Waals surface area contributed by atoms with Crippen LogP contribution in [0.5, 0.6) is 0 Å². The van der Waals surface area contributed by atoms with Gasteiger partial charge in [0.2, 0.25) is 0 Å². The minimum atomic E-state index is 0.551. The number of rotatable bonds is 3. The van der Waals surface area contributed by atoms with Gasteiger partial charge < -0.3 is 5.32 Å². The van der Waals surface area contributed by atoms with E-state index in [1.807, 2.05) is 37.4 Å². The molecule has 2 aromatic carbocycles. The van der Waals surface area contributed by atoms with Crippen LogP contribution in [0.1, 0.15) is 5.56 Å². The molecule has 0 saturated carbocycles. The Morgan fingerprint density at radius 3 is 2.28 bits per heavy atom. The van der Waals surface area contributed by atoms with Crippen molar-refractivity contribution in [2.75, 3.05) is 12.4 Å². The number of anilines is 1. The first-order valence-electron chi connectivity index (χ1n) is 5.56. The number of halogens is 2. The minimum absolute atomic E-state index is 0.551. The third kappa shape index (κ3) is 2.38. The molecule has 0 saturated heterocycles. The lowest BCUT2D eigenvalue weighted by atomic mass is 9.99. The zero-order chi connectivity index (χ0) is 13.1. The molecule has 0 fully saturated rings. The van der Waals surface area contributed by atoms with Gasteiger partial charge in [-0.3, -0.25) is 0 Å². The summed E-state index contributed by atoms with van der Waals surface area (Å²) in [6, 6.07) is 11.7. The Labute approximate surface area is 117 Å². The average molecular weight is 278 g/mol. The molecule has 1 nitrogen and oxygen atoms in total. The van der Waals surface area contributed by atoms with E-state index in [9.17, 15) is 0 Å². The van der Waals surface area contributed by atoms with E-state index in [1.165, 1.54) is 0 Å². The van der Waals surface area contributed by atoms with E-state index in [4.69, 9.17) is 23.2 Å². The lowest BCUT2D eigenvalue weighted by molar-refractivity contribution is 1.50. The molecule has 0 aliphatic carbocycles. The van der Waals surface area contributed by atoms with Crippen LogP contribution in [-0.4, -0.2) is 7.05 Å². The van der Waals surface area contributed by atoms with E-state index in [0.29, 0.717) is 10.0 Å². The van der Waals surface area contributed by atoms with Crippen LogP contribution in [-0.2, 0) is 0 Å². The second kappa shape index (κ2) is 5.47. The van der Waals surface area contributed by atoms with Crippen LogP contribution in [0.25, 0.3) is 17.2 Å². The van der Waals surface area contributed by atoms with Crippen LogP contribution in [0.4, 0.5) is 5.69 Å². The third-order valence-electron chi connectivity index (χ3n) is 2.81. The Hall–Kier alpha value is -1.44. The molecule has 0 unspecified atom stereocenters. The van der Waals surface area contributed by atoms with Crippen LogP contribution >= 0.6 is 23.2 Å². The molecule has 0 atom stereocenters. The van der Waals surface area contributed by atoms with Crippen LogP contribution in [0, 0.1) is 0 Å². The summed E-state index contributed by atoms with van der Waals surface area (Å²) in [5.41, 5.74) is 3.97. The highest BCUT2D eigenvalue weighted by Gasteiger charge is 2.11. The zero-order valence-electron chi connectivity index (χ0n) is 10.0. The lowest BCUT2D eigenvalue weighted by Gasteiger charge is -2.11. The van der Waals surface area contributed by atoms with Crippen molar-refractivity contribution >= 4 is 35.0 Å². The SMILES string of the molecule is C=Cc1ccc(Cl)c(Cl)c1-c1ccc(NC)cc1. The van der Waals surface area contributed by atoms with Crippen molar-refractivity contribution in [1.29, 1.82) is 0 Å². The normalized spacial score (nSPS) is 10.2. The van der Waals surface area contributed by atoms with Gasteiger partial charge >= 0.3 is 0 Å². The first kappa shape index (κ1) is 13.0. The Balaban J connectivity index is 2.61. The van der Waals surface area contributed by atoms with Gasteiger partial charge in [0.25, 0.3) is 0 Å². The molecule has 2 aromatic rings. The maximum Gasteiger partial charge on any atom is 0.0676 e. The Kier molecular flexibility index (Phi) is 3.95. The summed E-state index contributed by atoms with van der Waals surface area (Å²) in [7, 11) is 1.89. The number of nitrogens with one attached hydrogen (secondary N) is 1. The largest absolute Gasteiger partial charge is 0.388 e. The zero-order valence-corrected chi connectivity index (χ0v) is 11.5. The van der Waals surface area contributed by atoms with Gasteiger partial charge in [0.05, 0.1) is 10.0 Å². The van der Waals surface area contributed by atoms with Gasteiger partial charge in [0.1, 0.15) is 0 Å². The molecule has 92 valence electrons. The van der Waals surface area contributed by atoms with Crippen LogP contribution < -0.4 is 5.32 Å². The van der Waals surface area contributed by atoms with Crippen molar-refractivity contribution in [2.45, 2.75) is 0 Å². The summed E-state index contributed by atoms with van der Waals surface area (Å²) >= 11 is 12.4. The van der Waals surface area contributed by atoms with Crippen molar-refractivity contribution in [3.63, 3.8) is 0 Å². The second-order valence-electron chi connectivity index (χ2n) is 3.86. The summed E-state index contributed by atoms with van der Waals surface area (Å²) in [4.78, 5) is 0. The molecule has 0 amide bonds. The smallest absolute Gasteiger partial charge is 0.0676 e. The first-order valence-corrected chi connectivity index (χ1v) is 6.31. The summed E-state index contributed by atoms with van der Waals surface area (Å²) in [6.45, 7) is 3.81. The van der Waals surface area contributed by atoms with Crippen LogP contribution in [0.2, 0.25) is 10.0 Å². The molecule has 2 rings (SSSR count). The van der Waals surface area contributed by atoms with E-state index in [2.05, 4.69) is 11.9 Å². The van der Waals surface area contributed by atoms with Crippen molar-refractivity contribution in [2.24, 2.45) is 0 Å². The lowest BCUT2D eigenvalue weighted by Crippen LogP contribution is -1.89. The maximum absolute atomic E-state index is 6.29. The average Bonchev–Trinajstić information content (AvgIpc) is 2.42. The highest BCUT2D eigenvalue weighted by atomic mass is 35.5. The topological polar surface area (TPSA) is 12.0 Å². The fraction of sp³-hybridized carbons (Fsp3) is 0.0667. The summed E-state index contributed by atoms with van der Waals surface area (Å²) in [5, 5.41) is 4.19. The second-order valence-corrected chi connectivity index (χ2v) is 4.64. The van der Waals surface area contributed by atoms with Gasteiger partial charge in [-0.2, -0.15) is 0 Å². The van der Waals surface area contributed by atoms with Crippen LogP contribution in [0.15, 0.2) is 43.0 Å². The van der Waals surface area contributed by atoms with E-state index in [-0.39, 0.29) is 0 Å². The molecule has 1 N–H and O–H groups in total. The molecule has 0 aliphatic heterocycles. The van der Waals surface area contributed by atoms with Gasteiger partial charge in [-0.15, -0.1) is 0 Å². The highest BCUT2D eigenvalue weighted by Crippen LogP contribution is 2.37. The summed E-state index contributed by atoms with van der Waals surface area (Å²) < 4.78 is 0. The van der Waals surface area contributed by atoms with Crippen molar-refractivity contribution in [3.05, 3.63) is 58.6 Å². The molecule has 0 bridgehead atoms. The minimum Gasteiger partial charge on any atom is -0.388 e. The van der Waals surface area contributed by atoms with Crippen LogP contribution in [0.3, 0.4) is 0 Å². The molecule has 0 spiro atoms. The number of hydrogen-bond acceptors (Lipinski definition) is 1. The predicted octanol–water partition coefficient (Wildman–Crippen LogP) is 5.35. The molecular weight excluding hydrogens is 265 g/mol. The fourth-order valence-electron chi connectivity index (χ4n) is 1.83. The van der Waals surface area contributed by atoms with Crippen molar-refractivity contribution < 1.29 is 0 Å². The molecule has 3 heteroatoms. The third-order valence-corrected chi connectivity index (χ3v) is 3.61. The number of benzene rings is 2. The summed E-state index contributed by atoms with van der Waals surface area (Å²) in [6.07, 6.45) is 1.78. The molecule has 18 heavy (non-hydrogen) atoms. The van der Waals surface area contributed by atoms with Gasteiger partial charge in [0.15, 0.2) is 0 Å². The predicted molar refractivity (Wildman–Crippen MR) is 81.5 cm³/mol. The van der Waals surface area contributed by atoms with E-state index in [0.717, 1.165) is 22.4 Å². The molecule has 0 radical (unpaired) electrons. The maximum atomic E-state index is 6.29. The van der Waals surface area contributed by atoms with Gasteiger partial charge in [-0.1, -0.05) is 54.1 Å². The monoisotopic (exact) mass is 277 g/mol. The number of hydrogen-bond donors (Lipinski definition) is 1. The van der Waals surface area contributed by atoms with Gasteiger partial charge in [0, 0.05) is 18.3 Å². The fourth-order valence-corrected chi connectivity index (χ4v) is 2.27. The van der Waals surface area contributed by atoms with E-state index in [1.54, 1.807) is 12.1 Å². The highest BCUT2D eigenvalue weighted by molar-refractivity contribution is 6.44. The molecular formula is C15H13Cl2N. The van der Waals surface area contributed by atoms with Gasteiger partial charge in [-0.25, -0.2) is 0 Å². The van der Waals surface area contributed by atoms with E-state index >= 15 is 0 Å². The quantitative estimate of drug-likeness (QED) is 0.798. The van der Waals surface area contributed by atoms with Crippen molar-refractivity contribution in [3.8, 4) is 11.1 Å². The standard InChI is InChI=1S/C15H13Cl2N/c1-3-10-6-9-13(16)15(17)14(10)11-4-7-12(18-2)8-5-11/h3-9,18H,1H2,2H3. The Morgan fingerprint density at radius 2 is 1.72 bits per heavy atom. The molecule has 0 heterocycles. The van der Waals surface area contributed by atoms with Gasteiger partial charge in [-0.05, 0) is 29.3 Å².